The van der Waals surface area contributed by atoms with Crippen molar-refractivity contribution in [1.29, 1.82) is 0 Å². The molecule has 2 aromatic rings. The van der Waals surface area contributed by atoms with Crippen LogP contribution in [-0.2, 0) is 16.8 Å². The molecular formula is C17H19NO3. The third kappa shape index (κ3) is 4.31. The molecule has 0 aliphatic carbocycles. The first-order chi connectivity index (χ1) is 9.97. The zero-order valence-corrected chi connectivity index (χ0v) is 12.2. The molecule has 0 bridgehead atoms. The fourth-order valence-corrected chi connectivity index (χ4v) is 2.05. The molecule has 0 spiro atoms. The van der Waals surface area contributed by atoms with Crippen molar-refractivity contribution in [3.63, 3.8) is 0 Å². The highest BCUT2D eigenvalue weighted by Crippen LogP contribution is 2.27. The SMILES string of the molecule is CC(C)(Oc1ccc(CCC(=O)O)cc1)c1cccnc1. The van der Waals surface area contributed by atoms with Gasteiger partial charge in [-0.3, -0.25) is 9.78 Å². The molecule has 2 rings (SSSR count). The predicted molar refractivity (Wildman–Crippen MR) is 80.3 cm³/mol. The number of aliphatic carboxylic acids is 1. The van der Waals surface area contributed by atoms with Crippen LogP contribution in [0.3, 0.4) is 0 Å². The third-order valence-electron chi connectivity index (χ3n) is 3.28. The lowest BCUT2D eigenvalue weighted by Crippen LogP contribution is -2.25. The number of pyridine rings is 1. The molecule has 1 heterocycles. The number of carbonyl (C=O) groups is 1. The summed E-state index contributed by atoms with van der Waals surface area (Å²) in [5.74, 6) is -0.0315. The molecule has 110 valence electrons. The van der Waals surface area contributed by atoms with Gasteiger partial charge < -0.3 is 9.84 Å². The summed E-state index contributed by atoms with van der Waals surface area (Å²) in [5, 5.41) is 8.68. The van der Waals surface area contributed by atoms with Crippen molar-refractivity contribution in [2.75, 3.05) is 0 Å². The Kier molecular flexibility index (Phi) is 4.58. The molecule has 0 radical (unpaired) electrons. The van der Waals surface area contributed by atoms with E-state index in [9.17, 15) is 4.79 Å². The van der Waals surface area contributed by atoms with E-state index >= 15 is 0 Å². The number of aromatic nitrogens is 1. The monoisotopic (exact) mass is 285 g/mol. The molecule has 0 aliphatic heterocycles. The fraction of sp³-hybridized carbons (Fsp3) is 0.294. The zero-order chi connectivity index (χ0) is 15.3. The zero-order valence-electron chi connectivity index (χ0n) is 12.2. The Balaban J connectivity index is 2.04. The molecule has 0 aliphatic rings. The molecule has 0 atom stereocenters. The lowest BCUT2D eigenvalue weighted by atomic mass is 10.00. The van der Waals surface area contributed by atoms with Gasteiger partial charge in [-0.25, -0.2) is 0 Å². The van der Waals surface area contributed by atoms with Gasteiger partial charge in [0.1, 0.15) is 11.4 Å². The van der Waals surface area contributed by atoms with Crippen LogP contribution in [0, 0.1) is 0 Å². The van der Waals surface area contributed by atoms with Crippen LogP contribution in [0.15, 0.2) is 48.8 Å². The maximum Gasteiger partial charge on any atom is 0.303 e. The predicted octanol–water partition coefficient (Wildman–Crippen LogP) is 3.41. The third-order valence-corrected chi connectivity index (χ3v) is 3.28. The average Bonchev–Trinajstić information content (AvgIpc) is 2.47. The Labute approximate surface area is 124 Å². The van der Waals surface area contributed by atoms with Crippen LogP contribution in [0.2, 0.25) is 0 Å². The van der Waals surface area contributed by atoms with Crippen LogP contribution in [0.5, 0.6) is 5.75 Å². The van der Waals surface area contributed by atoms with E-state index in [1.54, 1.807) is 12.4 Å². The summed E-state index contributed by atoms with van der Waals surface area (Å²) in [6.45, 7) is 3.98. The molecule has 0 amide bonds. The van der Waals surface area contributed by atoms with E-state index in [0.29, 0.717) is 6.42 Å². The number of aryl methyl sites for hydroxylation is 1. The number of rotatable bonds is 6. The first kappa shape index (κ1) is 15.0. The van der Waals surface area contributed by atoms with Gasteiger partial charge in [-0.1, -0.05) is 18.2 Å². The molecule has 1 N–H and O–H groups in total. The van der Waals surface area contributed by atoms with Crippen molar-refractivity contribution < 1.29 is 14.6 Å². The molecule has 4 nitrogen and oxygen atoms in total. The molecule has 0 fully saturated rings. The maximum atomic E-state index is 10.6. The van der Waals surface area contributed by atoms with E-state index < -0.39 is 11.6 Å². The highest BCUT2D eigenvalue weighted by Gasteiger charge is 2.22. The highest BCUT2D eigenvalue weighted by atomic mass is 16.5. The molecule has 0 unspecified atom stereocenters. The normalized spacial score (nSPS) is 11.1. The summed E-state index contributed by atoms with van der Waals surface area (Å²) in [7, 11) is 0. The number of nitrogens with zero attached hydrogens (tertiary/aromatic N) is 1. The van der Waals surface area contributed by atoms with Gasteiger partial charge in [0.25, 0.3) is 0 Å². The van der Waals surface area contributed by atoms with Gasteiger partial charge >= 0.3 is 5.97 Å². The van der Waals surface area contributed by atoms with Gasteiger partial charge in [0, 0.05) is 24.4 Å². The quantitative estimate of drug-likeness (QED) is 0.883. The topological polar surface area (TPSA) is 59.4 Å². The summed E-state index contributed by atoms with van der Waals surface area (Å²) >= 11 is 0. The number of ether oxygens (including phenoxy) is 1. The second kappa shape index (κ2) is 6.39. The summed E-state index contributed by atoms with van der Waals surface area (Å²) < 4.78 is 6.01. The Hall–Kier alpha value is -2.36. The summed E-state index contributed by atoms with van der Waals surface area (Å²) in [4.78, 5) is 14.7. The molecular weight excluding hydrogens is 266 g/mol. The Morgan fingerprint density at radius 2 is 1.95 bits per heavy atom. The van der Waals surface area contributed by atoms with Gasteiger partial charge in [0.2, 0.25) is 0 Å². The van der Waals surface area contributed by atoms with Gasteiger partial charge in [-0.2, -0.15) is 0 Å². The molecule has 21 heavy (non-hydrogen) atoms. The van der Waals surface area contributed by atoms with E-state index in [1.807, 2.05) is 50.2 Å². The standard InChI is InChI=1S/C17H19NO3/c1-17(2,14-4-3-11-18-12-14)21-15-8-5-13(6-9-15)7-10-16(19)20/h3-6,8-9,11-12H,7,10H2,1-2H3,(H,19,20). The second-order valence-electron chi connectivity index (χ2n) is 5.39. The Bertz CT molecular complexity index is 591. The van der Waals surface area contributed by atoms with E-state index in [-0.39, 0.29) is 6.42 Å². The second-order valence-corrected chi connectivity index (χ2v) is 5.39. The van der Waals surface area contributed by atoms with Gasteiger partial charge in [-0.05, 0) is 44.0 Å². The fourth-order valence-electron chi connectivity index (χ4n) is 2.05. The Morgan fingerprint density at radius 3 is 2.52 bits per heavy atom. The minimum Gasteiger partial charge on any atom is -0.483 e. The van der Waals surface area contributed by atoms with Gasteiger partial charge in [-0.15, -0.1) is 0 Å². The van der Waals surface area contributed by atoms with Crippen LogP contribution in [0.1, 0.15) is 31.4 Å². The minimum atomic E-state index is -0.784. The number of hydrogen-bond donors (Lipinski definition) is 1. The van der Waals surface area contributed by atoms with Crippen LogP contribution >= 0.6 is 0 Å². The molecule has 0 saturated carbocycles. The van der Waals surface area contributed by atoms with E-state index in [1.165, 1.54) is 0 Å². The molecule has 4 heteroatoms. The summed E-state index contributed by atoms with van der Waals surface area (Å²) in [6, 6.07) is 11.4. The summed E-state index contributed by atoms with van der Waals surface area (Å²) in [5.41, 5.74) is 1.51. The van der Waals surface area contributed by atoms with Crippen molar-refractivity contribution in [1.82, 2.24) is 4.98 Å². The van der Waals surface area contributed by atoms with E-state index in [4.69, 9.17) is 9.84 Å². The average molecular weight is 285 g/mol. The summed E-state index contributed by atoms with van der Waals surface area (Å²) in [6.07, 6.45) is 4.20. The molecule has 1 aromatic heterocycles. The number of carboxylic acids is 1. The van der Waals surface area contributed by atoms with Crippen molar-refractivity contribution in [3.05, 3.63) is 59.9 Å². The smallest absolute Gasteiger partial charge is 0.303 e. The van der Waals surface area contributed by atoms with E-state index in [2.05, 4.69) is 4.98 Å². The van der Waals surface area contributed by atoms with Crippen LogP contribution < -0.4 is 4.74 Å². The van der Waals surface area contributed by atoms with Crippen LogP contribution in [0.4, 0.5) is 0 Å². The van der Waals surface area contributed by atoms with Crippen LogP contribution in [0.25, 0.3) is 0 Å². The van der Waals surface area contributed by atoms with Crippen molar-refractivity contribution in [2.24, 2.45) is 0 Å². The lowest BCUT2D eigenvalue weighted by Gasteiger charge is -2.26. The van der Waals surface area contributed by atoms with Crippen molar-refractivity contribution in [3.8, 4) is 5.75 Å². The molecule has 0 saturated heterocycles. The van der Waals surface area contributed by atoms with Crippen molar-refractivity contribution in [2.45, 2.75) is 32.3 Å². The number of benzene rings is 1. The van der Waals surface area contributed by atoms with Crippen molar-refractivity contribution >= 4 is 5.97 Å². The first-order valence-corrected chi connectivity index (χ1v) is 6.87. The van der Waals surface area contributed by atoms with E-state index in [0.717, 1.165) is 16.9 Å². The largest absolute Gasteiger partial charge is 0.483 e. The van der Waals surface area contributed by atoms with Crippen LogP contribution in [-0.4, -0.2) is 16.1 Å². The molecule has 1 aromatic carbocycles. The van der Waals surface area contributed by atoms with Gasteiger partial charge in [0.05, 0.1) is 0 Å². The maximum absolute atomic E-state index is 10.6. The highest BCUT2D eigenvalue weighted by molar-refractivity contribution is 5.67. The lowest BCUT2D eigenvalue weighted by molar-refractivity contribution is -0.136. The minimum absolute atomic E-state index is 0.140. The Morgan fingerprint density at radius 1 is 1.24 bits per heavy atom. The van der Waals surface area contributed by atoms with Gasteiger partial charge in [0.15, 0.2) is 0 Å². The number of hydrogen-bond acceptors (Lipinski definition) is 3. The first-order valence-electron chi connectivity index (χ1n) is 6.87. The number of carboxylic acid groups (broad SMARTS) is 1.